The van der Waals surface area contributed by atoms with E-state index in [4.69, 9.17) is 15.2 Å². The van der Waals surface area contributed by atoms with Crippen LogP contribution in [0.4, 0.5) is 11.4 Å². The van der Waals surface area contributed by atoms with Gasteiger partial charge in [-0.15, -0.1) is 0 Å². The Hall–Kier alpha value is -1.75. The first-order valence-corrected chi connectivity index (χ1v) is 7.00. The van der Waals surface area contributed by atoms with Gasteiger partial charge in [-0.3, -0.25) is 4.79 Å². The summed E-state index contributed by atoms with van der Waals surface area (Å²) in [6, 6.07) is 5.14. The molecule has 1 aromatic rings. The molecule has 0 aromatic heterocycles. The summed E-state index contributed by atoms with van der Waals surface area (Å²) in [4.78, 5) is 12.1. The van der Waals surface area contributed by atoms with E-state index in [1.807, 2.05) is 0 Å². The average molecular weight is 278 g/mol. The third-order valence-corrected chi connectivity index (χ3v) is 3.55. The molecule has 0 spiro atoms. The second-order valence-electron chi connectivity index (χ2n) is 5.13. The van der Waals surface area contributed by atoms with Crippen LogP contribution in [-0.2, 0) is 9.53 Å². The molecule has 1 unspecified atom stereocenters. The minimum Gasteiger partial charge on any atom is -0.495 e. The Kier molecular flexibility index (Phi) is 4.84. The van der Waals surface area contributed by atoms with Crippen LogP contribution in [0.25, 0.3) is 0 Å². The number of ether oxygens (including phenoxy) is 2. The molecule has 1 amide bonds. The Morgan fingerprint density at radius 2 is 2.10 bits per heavy atom. The Morgan fingerprint density at radius 3 is 2.75 bits per heavy atom. The monoisotopic (exact) mass is 278 g/mol. The third kappa shape index (κ3) is 3.63. The summed E-state index contributed by atoms with van der Waals surface area (Å²) >= 11 is 0. The van der Waals surface area contributed by atoms with E-state index in [1.54, 1.807) is 32.2 Å². The van der Waals surface area contributed by atoms with Crippen LogP contribution in [0.1, 0.15) is 32.6 Å². The van der Waals surface area contributed by atoms with Crippen molar-refractivity contribution in [2.75, 3.05) is 18.2 Å². The first-order valence-electron chi connectivity index (χ1n) is 7.00. The van der Waals surface area contributed by atoms with Crippen molar-refractivity contribution in [3.63, 3.8) is 0 Å². The van der Waals surface area contributed by atoms with Gasteiger partial charge in [0.1, 0.15) is 11.9 Å². The van der Waals surface area contributed by atoms with Gasteiger partial charge in [-0.25, -0.2) is 0 Å². The Morgan fingerprint density at radius 1 is 1.40 bits per heavy atom. The van der Waals surface area contributed by atoms with Crippen LogP contribution in [0.3, 0.4) is 0 Å². The van der Waals surface area contributed by atoms with Gasteiger partial charge in [0.2, 0.25) is 0 Å². The van der Waals surface area contributed by atoms with Crippen molar-refractivity contribution >= 4 is 17.3 Å². The second-order valence-corrected chi connectivity index (χ2v) is 5.13. The first kappa shape index (κ1) is 14.7. The molecule has 3 N–H and O–H groups in total. The molecule has 1 saturated carbocycles. The fourth-order valence-corrected chi connectivity index (χ4v) is 2.43. The molecular formula is C15H22N2O3. The Balaban J connectivity index is 1.97. The molecule has 0 heterocycles. The van der Waals surface area contributed by atoms with E-state index in [0.29, 0.717) is 17.1 Å². The fraction of sp³-hybridized carbons (Fsp3) is 0.533. The van der Waals surface area contributed by atoms with Gasteiger partial charge < -0.3 is 20.5 Å². The highest BCUT2D eigenvalue weighted by molar-refractivity contribution is 5.95. The summed E-state index contributed by atoms with van der Waals surface area (Å²) < 4.78 is 11.0. The zero-order chi connectivity index (χ0) is 14.5. The van der Waals surface area contributed by atoms with E-state index in [2.05, 4.69) is 5.32 Å². The zero-order valence-corrected chi connectivity index (χ0v) is 12.0. The SMILES string of the molecule is COc1ccc(N)cc1NC(=O)C(C)OC1CCCC1. The second kappa shape index (κ2) is 6.61. The minimum atomic E-state index is -0.482. The standard InChI is InChI=1S/C15H22N2O3/c1-10(20-12-5-3-4-6-12)15(18)17-13-9-11(16)7-8-14(13)19-2/h7-10,12H,3-6,16H2,1-2H3,(H,17,18). The summed E-state index contributed by atoms with van der Waals surface area (Å²) in [5.41, 5.74) is 6.87. The fourth-order valence-electron chi connectivity index (χ4n) is 2.43. The number of benzene rings is 1. The number of nitrogens with two attached hydrogens (primary N) is 1. The summed E-state index contributed by atoms with van der Waals surface area (Å²) in [6.07, 6.45) is 4.17. The lowest BCUT2D eigenvalue weighted by molar-refractivity contribution is -0.129. The molecule has 0 aliphatic heterocycles. The molecule has 0 radical (unpaired) electrons. The molecule has 1 aliphatic rings. The van der Waals surface area contributed by atoms with Crippen molar-refractivity contribution in [3.8, 4) is 5.75 Å². The predicted molar refractivity (Wildman–Crippen MR) is 78.8 cm³/mol. The number of hydrogen-bond acceptors (Lipinski definition) is 4. The van der Waals surface area contributed by atoms with Crippen molar-refractivity contribution in [1.29, 1.82) is 0 Å². The van der Waals surface area contributed by atoms with E-state index in [-0.39, 0.29) is 12.0 Å². The highest BCUT2D eigenvalue weighted by Gasteiger charge is 2.22. The van der Waals surface area contributed by atoms with Gasteiger partial charge in [0.25, 0.3) is 5.91 Å². The van der Waals surface area contributed by atoms with Crippen LogP contribution in [-0.4, -0.2) is 25.2 Å². The van der Waals surface area contributed by atoms with Gasteiger partial charge in [-0.05, 0) is 38.0 Å². The maximum Gasteiger partial charge on any atom is 0.253 e. The van der Waals surface area contributed by atoms with Crippen LogP contribution in [0.15, 0.2) is 18.2 Å². The highest BCUT2D eigenvalue weighted by Crippen LogP contribution is 2.27. The maximum absolute atomic E-state index is 12.1. The number of anilines is 2. The normalized spacial score (nSPS) is 16.9. The number of carbonyl (C=O) groups is 1. The van der Waals surface area contributed by atoms with Crippen LogP contribution in [0.5, 0.6) is 5.75 Å². The molecular weight excluding hydrogens is 256 g/mol. The van der Waals surface area contributed by atoms with Gasteiger partial charge >= 0.3 is 0 Å². The largest absolute Gasteiger partial charge is 0.495 e. The molecule has 1 aromatic carbocycles. The molecule has 5 nitrogen and oxygen atoms in total. The highest BCUT2D eigenvalue weighted by atomic mass is 16.5. The summed E-state index contributed by atoms with van der Waals surface area (Å²) in [7, 11) is 1.56. The lowest BCUT2D eigenvalue weighted by atomic mass is 10.2. The van der Waals surface area contributed by atoms with Crippen LogP contribution < -0.4 is 15.8 Å². The zero-order valence-electron chi connectivity index (χ0n) is 12.0. The van der Waals surface area contributed by atoms with Crippen molar-refractivity contribution in [2.45, 2.75) is 44.8 Å². The van der Waals surface area contributed by atoms with E-state index in [0.717, 1.165) is 12.8 Å². The van der Waals surface area contributed by atoms with E-state index < -0.39 is 6.10 Å². The lowest BCUT2D eigenvalue weighted by Crippen LogP contribution is -2.31. The number of hydrogen-bond donors (Lipinski definition) is 2. The van der Waals surface area contributed by atoms with Crippen molar-refractivity contribution in [2.24, 2.45) is 0 Å². The van der Waals surface area contributed by atoms with Gasteiger partial charge in [-0.2, -0.15) is 0 Å². The van der Waals surface area contributed by atoms with Gasteiger partial charge in [0.05, 0.1) is 18.9 Å². The molecule has 5 heteroatoms. The molecule has 1 atom stereocenters. The van der Waals surface area contributed by atoms with Gasteiger partial charge in [0.15, 0.2) is 0 Å². The molecule has 2 rings (SSSR count). The van der Waals surface area contributed by atoms with Crippen molar-refractivity contribution in [3.05, 3.63) is 18.2 Å². The topological polar surface area (TPSA) is 73.6 Å². The quantitative estimate of drug-likeness (QED) is 0.812. The molecule has 20 heavy (non-hydrogen) atoms. The lowest BCUT2D eigenvalue weighted by Gasteiger charge is -2.19. The maximum atomic E-state index is 12.1. The Bertz CT molecular complexity index is 470. The van der Waals surface area contributed by atoms with Crippen molar-refractivity contribution < 1.29 is 14.3 Å². The molecule has 1 aliphatic carbocycles. The summed E-state index contributed by atoms with van der Waals surface area (Å²) in [5.74, 6) is 0.404. The van der Waals surface area contributed by atoms with Crippen LogP contribution >= 0.6 is 0 Å². The summed E-state index contributed by atoms with van der Waals surface area (Å²) in [5, 5.41) is 2.81. The minimum absolute atomic E-state index is 0.180. The van der Waals surface area contributed by atoms with Crippen LogP contribution in [0.2, 0.25) is 0 Å². The number of methoxy groups -OCH3 is 1. The number of amides is 1. The predicted octanol–water partition coefficient (Wildman–Crippen LogP) is 2.56. The Labute approximate surface area is 119 Å². The molecule has 1 fully saturated rings. The van der Waals surface area contributed by atoms with Crippen molar-refractivity contribution in [1.82, 2.24) is 0 Å². The number of rotatable bonds is 5. The smallest absolute Gasteiger partial charge is 0.253 e. The van der Waals surface area contributed by atoms with Gasteiger partial charge in [-0.1, -0.05) is 12.8 Å². The molecule has 110 valence electrons. The molecule has 0 saturated heterocycles. The molecule has 0 bridgehead atoms. The van der Waals surface area contributed by atoms with E-state index in [9.17, 15) is 4.79 Å². The average Bonchev–Trinajstić information content (AvgIpc) is 2.91. The van der Waals surface area contributed by atoms with Crippen LogP contribution in [0, 0.1) is 0 Å². The number of carbonyl (C=O) groups excluding carboxylic acids is 1. The van der Waals surface area contributed by atoms with Gasteiger partial charge in [0, 0.05) is 5.69 Å². The summed E-state index contributed by atoms with van der Waals surface area (Å²) in [6.45, 7) is 1.77. The van der Waals surface area contributed by atoms with E-state index >= 15 is 0 Å². The third-order valence-electron chi connectivity index (χ3n) is 3.55. The first-order chi connectivity index (χ1) is 9.60. The van der Waals surface area contributed by atoms with E-state index in [1.165, 1.54) is 12.8 Å². The number of nitrogens with one attached hydrogen (secondary N) is 1. The number of nitrogen functional groups attached to an aromatic ring is 1.